The maximum absolute atomic E-state index is 5.48. The molecule has 13 aromatic rings. The zero-order valence-corrected chi connectivity index (χ0v) is 34.9. The van der Waals surface area contributed by atoms with Gasteiger partial charge in [-0.05, 0) is 69.3 Å². The maximum atomic E-state index is 5.48. The highest BCUT2D eigenvalue weighted by Crippen LogP contribution is 2.33. The summed E-state index contributed by atoms with van der Waals surface area (Å²) < 4.78 is 8.70. The average molecular weight is 825 g/mol. The van der Waals surface area contributed by atoms with Crippen LogP contribution in [0.15, 0.2) is 218 Å². The summed E-state index contributed by atoms with van der Waals surface area (Å²) in [7, 11) is -2.75. The zero-order chi connectivity index (χ0) is 41.5. The molecule has 13 rings (SSSR count). The van der Waals surface area contributed by atoms with E-state index in [9.17, 15) is 0 Å². The van der Waals surface area contributed by atoms with Crippen molar-refractivity contribution in [1.29, 1.82) is 0 Å². The van der Waals surface area contributed by atoms with E-state index in [4.69, 9.17) is 19.9 Å². The van der Waals surface area contributed by atoms with Gasteiger partial charge in [0, 0.05) is 11.6 Å². The third kappa shape index (κ3) is 5.20. The summed E-state index contributed by atoms with van der Waals surface area (Å²) in [5.41, 5.74) is 9.68. The summed E-state index contributed by atoms with van der Waals surface area (Å²) in [6, 6.07) is 77.7. The smallest absolute Gasteiger partial charge is 0.239 e. The summed E-state index contributed by atoms with van der Waals surface area (Å²) in [4.78, 5) is 21.4. The van der Waals surface area contributed by atoms with Crippen molar-refractivity contribution >= 4 is 84.5 Å². The van der Waals surface area contributed by atoms with Crippen LogP contribution in [0.4, 0.5) is 0 Å². The predicted octanol–water partition coefficient (Wildman–Crippen LogP) is 9.01. The highest BCUT2D eigenvalue weighted by atomic mass is 28.3. The summed E-state index contributed by atoms with van der Waals surface area (Å²) in [6.07, 6.45) is 0. The molecule has 0 radical (unpaired) electrons. The Labute approximate surface area is 362 Å². The highest BCUT2D eigenvalue weighted by Gasteiger charge is 2.41. The van der Waals surface area contributed by atoms with Gasteiger partial charge in [0.2, 0.25) is 17.5 Å². The number of fused-ring (bicyclic) bond motifs is 10. The van der Waals surface area contributed by atoms with E-state index in [0.717, 1.165) is 66.9 Å². The van der Waals surface area contributed by atoms with Gasteiger partial charge in [0.05, 0.1) is 49.8 Å². The van der Waals surface area contributed by atoms with E-state index in [1.165, 1.54) is 20.7 Å². The maximum Gasteiger partial charge on any atom is 0.239 e. The zero-order valence-electron chi connectivity index (χ0n) is 33.9. The first-order valence-corrected chi connectivity index (χ1v) is 23.2. The van der Waals surface area contributed by atoms with E-state index in [2.05, 4.69) is 224 Å². The predicted molar refractivity (Wildman–Crippen MR) is 257 cm³/mol. The fraction of sp³-hybridized carbons (Fsp3) is 0. The third-order valence-electron chi connectivity index (χ3n) is 12.6. The summed E-state index contributed by atoms with van der Waals surface area (Å²) in [5.74, 6) is 2.74. The van der Waals surface area contributed by atoms with Gasteiger partial charge in [-0.15, -0.1) is 0 Å². The Morgan fingerprint density at radius 1 is 0.317 bits per heavy atom. The third-order valence-corrected chi connectivity index (χ3v) is 17.4. The lowest BCUT2D eigenvalue weighted by Gasteiger charge is -2.34. The summed E-state index contributed by atoms with van der Waals surface area (Å²) in [5, 5.41) is 5.27. The first-order chi connectivity index (χ1) is 31.3. The van der Waals surface area contributed by atoms with Gasteiger partial charge in [-0.1, -0.05) is 164 Å². The monoisotopic (exact) mass is 824 g/mol. The van der Waals surface area contributed by atoms with E-state index in [0.29, 0.717) is 11.8 Å². The number of hydrogen-bond acceptors (Lipinski definition) is 4. The number of rotatable bonds is 7. The van der Waals surface area contributed by atoms with Crippen LogP contribution >= 0.6 is 0 Å². The second-order valence-corrected chi connectivity index (χ2v) is 19.8. The van der Waals surface area contributed by atoms with Crippen molar-refractivity contribution in [3.8, 4) is 23.0 Å². The quantitative estimate of drug-likeness (QED) is 0.119. The molecule has 0 saturated carbocycles. The van der Waals surface area contributed by atoms with Gasteiger partial charge in [-0.25, -0.2) is 19.5 Å². The van der Waals surface area contributed by atoms with E-state index in [1.807, 2.05) is 12.1 Å². The molecule has 8 nitrogen and oxygen atoms in total. The normalized spacial score (nSPS) is 12.1. The number of para-hydroxylation sites is 8. The van der Waals surface area contributed by atoms with Crippen LogP contribution < -0.4 is 20.7 Å². The molecule has 5 aromatic heterocycles. The molecule has 63 heavy (non-hydrogen) atoms. The molecular formula is C54H36N8Si. The average Bonchev–Trinajstić information content (AvgIpc) is 4.09. The Hall–Kier alpha value is -8.40. The van der Waals surface area contributed by atoms with Crippen LogP contribution in [-0.4, -0.2) is 45.9 Å². The molecule has 9 heteroatoms. The number of benzene rings is 8. The lowest BCUT2D eigenvalue weighted by molar-refractivity contribution is 0.930. The topological polar surface area (TPSA) is 70.2 Å². The van der Waals surface area contributed by atoms with Crippen molar-refractivity contribution in [2.24, 2.45) is 0 Å². The van der Waals surface area contributed by atoms with Gasteiger partial charge < -0.3 is 0 Å². The molecule has 0 aliphatic rings. The first-order valence-electron chi connectivity index (χ1n) is 21.2. The SMILES string of the molecule is c1ccc([Si](c2ccccc2)(c2ccccc2)c2ccc(-c3cc(-n4c5ccccc5n5c6ccccc6nc45)nc(-n4c5ccccc5n5c6ccccc6nc45)n3)cc2)cc1. The van der Waals surface area contributed by atoms with Crippen LogP contribution in [0.1, 0.15) is 0 Å². The molecule has 0 amide bonds. The molecule has 0 saturated heterocycles. The van der Waals surface area contributed by atoms with Crippen molar-refractivity contribution in [2.45, 2.75) is 0 Å². The van der Waals surface area contributed by atoms with Crippen molar-refractivity contribution in [3.05, 3.63) is 218 Å². The van der Waals surface area contributed by atoms with Crippen molar-refractivity contribution in [1.82, 2.24) is 37.9 Å². The summed E-state index contributed by atoms with van der Waals surface area (Å²) in [6.45, 7) is 0. The van der Waals surface area contributed by atoms with E-state index in [-0.39, 0.29) is 0 Å². The van der Waals surface area contributed by atoms with Crippen LogP contribution in [0.5, 0.6) is 0 Å². The van der Waals surface area contributed by atoms with Crippen LogP contribution in [-0.2, 0) is 0 Å². The second-order valence-electron chi connectivity index (χ2n) is 16.0. The van der Waals surface area contributed by atoms with Gasteiger partial charge in [0.1, 0.15) is 5.82 Å². The van der Waals surface area contributed by atoms with E-state index >= 15 is 0 Å². The Bertz CT molecular complexity index is 3590. The molecule has 0 spiro atoms. The minimum Gasteiger partial charge on any atom is -0.276 e. The van der Waals surface area contributed by atoms with Gasteiger partial charge in [0.25, 0.3) is 0 Å². The van der Waals surface area contributed by atoms with Crippen molar-refractivity contribution in [3.63, 3.8) is 0 Å². The number of hydrogen-bond donors (Lipinski definition) is 0. The minimum atomic E-state index is -2.75. The molecule has 0 bridgehead atoms. The standard InChI is InChI=1S/C54H36N8Si/c1-4-18-38(19-5-1)63(39-20-6-2-7-21-39,40-22-8-3-9-23-40)41-34-32-37(33-35-41)44-36-51(61-49-30-16-14-28-47(49)59-45-26-12-10-24-42(45)56-53(59)61)58-52(55-44)62-50-31-17-15-29-48(50)60-46-27-13-11-25-43(46)57-54(60)62/h1-36H. The van der Waals surface area contributed by atoms with Crippen LogP contribution in [0.3, 0.4) is 0 Å². The molecule has 8 aromatic carbocycles. The van der Waals surface area contributed by atoms with Gasteiger partial charge in [-0.3, -0.25) is 13.4 Å². The fourth-order valence-corrected chi connectivity index (χ4v) is 14.6. The molecule has 0 N–H and O–H groups in total. The van der Waals surface area contributed by atoms with Crippen molar-refractivity contribution < 1.29 is 0 Å². The van der Waals surface area contributed by atoms with Crippen LogP contribution in [0, 0.1) is 0 Å². The number of aromatic nitrogens is 8. The number of imidazole rings is 4. The van der Waals surface area contributed by atoms with E-state index in [1.54, 1.807) is 0 Å². The molecule has 5 heterocycles. The van der Waals surface area contributed by atoms with Gasteiger partial charge >= 0.3 is 0 Å². The van der Waals surface area contributed by atoms with E-state index < -0.39 is 8.07 Å². The lowest BCUT2D eigenvalue weighted by Crippen LogP contribution is -2.74. The lowest BCUT2D eigenvalue weighted by atomic mass is 10.1. The molecule has 0 unspecified atom stereocenters. The molecule has 0 atom stereocenters. The number of nitrogens with zero attached hydrogens (tertiary/aromatic N) is 8. The fourth-order valence-electron chi connectivity index (χ4n) is 9.86. The molecule has 0 aliphatic carbocycles. The Morgan fingerprint density at radius 3 is 1.22 bits per heavy atom. The minimum absolute atomic E-state index is 0.515. The molecule has 0 fully saturated rings. The van der Waals surface area contributed by atoms with Gasteiger partial charge in [0.15, 0.2) is 8.07 Å². The summed E-state index contributed by atoms with van der Waals surface area (Å²) >= 11 is 0. The molecule has 296 valence electrons. The Kier molecular flexibility index (Phi) is 7.75. The molecular weight excluding hydrogens is 789 g/mol. The molecule has 0 aliphatic heterocycles. The first kappa shape index (κ1) is 35.4. The Balaban J connectivity index is 1.09. The Morgan fingerprint density at radius 2 is 0.714 bits per heavy atom. The van der Waals surface area contributed by atoms with Crippen molar-refractivity contribution in [2.75, 3.05) is 0 Å². The second kappa shape index (κ2) is 13.8. The largest absolute Gasteiger partial charge is 0.276 e. The van der Waals surface area contributed by atoms with Crippen LogP contribution in [0.25, 0.3) is 78.7 Å². The van der Waals surface area contributed by atoms with Gasteiger partial charge in [-0.2, -0.15) is 4.98 Å². The van der Waals surface area contributed by atoms with Crippen LogP contribution in [0.2, 0.25) is 0 Å². The highest BCUT2D eigenvalue weighted by molar-refractivity contribution is 7.19.